The Morgan fingerprint density at radius 1 is 1.21 bits per heavy atom. The fourth-order valence-electron chi connectivity index (χ4n) is 3.22. The lowest BCUT2D eigenvalue weighted by Gasteiger charge is -2.40. The van der Waals surface area contributed by atoms with Gasteiger partial charge in [-0.15, -0.1) is 0 Å². The summed E-state index contributed by atoms with van der Waals surface area (Å²) in [7, 11) is 1.51. The molecule has 1 atom stereocenters. The molecule has 0 spiro atoms. The lowest BCUT2D eigenvalue weighted by Crippen LogP contribution is -2.56. The van der Waals surface area contributed by atoms with Crippen LogP contribution in [0.4, 0.5) is 4.39 Å². The van der Waals surface area contributed by atoms with Crippen molar-refractivity contribution in [1.82, 2.24) is 9.80 Å². The Morgan fingerprint density at radius 2 is 1.96 bits per heavy atom. The van der Waals surface area contributed by atoms with E-state index in [9.17, 15) is 18.8 Å². The molecule has 0 aliphatic carbocycles. The molecule has 1 N–H and O–H groups in total. The van der Waals surface area contributed by atoms with Crippen molar-refractivity contribution in [2.75, 3.05) is 20.2 Å². The summed E-state index contributed by atoms with van der Waals surface area (Å²) < 4.78 is 19.6. The van der Waals surface area contributed by atoms with E-state index in [1.807, 2.05) is 0 Å². The number of benzene rings is 2. The van der Waals surface area contributed by atoms with Gasteiger partial charge in [0.15, 0.2) is 0 Å². The van der Waals surface area contributed by atoms with Crippen molar-refractivity contribution >= 4 is 17.8 Å². The monoisotopic (exact) mass is 386 g/mol. The molecule has 8 heteroatoms. The number of carbonyl (C=O) groups is 3. The van der Waals surface area contributed by atoms with Gasteiger partial charge in [-0.2, -0.15) is 0 Å². The maximum absolute atomic E-state index is 14.4. The van der Waals surface area contributed by atoms with Crippen LogP contribution in [-0.2, 0) is 20.9 Å². The van der Waals surface area contributed by atoms with E-state index in [1.54, 1.807) is 30.3 Å². The first kappa shape index (κ1) is 19.3. The van der Waals surface area contributed by atoms with Gasteiger partial charge in [-0.1, -0.05) is 30.3 Å². The predicted molar refractivity (Wildman–Crippen MR) is 96.9 cm³/mol. The van der Waals surface area contributed by atoms with Crippen LogP contribution >= 0.6 is 0 Å². The second-order valence-corrected chi connectivity index (χ2v) is 6.39. The minimum atomic E-state index is -1.24. The van der Waals surface area contributed by atoms with Crippen molar-refractivity contribution in [3.8, 4) is 5.75 Å². The summed E-state index contributed by atoms with van der Waals surface area (Å²) in [6.45, 7) is -0.940. The lowest BCUT2D eigenvalue weighted by molar-refractivity contribution is -0.160. The summed E-state index contributed by atoms with van der Waals surface area (Å²) in [6, 6.07) is 11.4. The van der Waals surface area contributed by atoms with Crippen LogP contribution in [-0.4, -0.2) is 52.9 Å². The molecule has 0 saturated carbocycles. The molecular weight excluding hydrogens is 367 g/mol. The number of nitrogens with zero attached hydrogens (tertiary/aromatic N) is 2. The van der Waals surface area contributed by atoms with Gasteiger partial charge >= 0.3 is 5.97 Å². The number of aliphatic carboxylic acids is 1. The second kappa shape index (κ2) is 8.08. The molecule has 1 aliphatic heterocycles. The van der Waals surface area contributed by atoms with Crippen LogP contribution in [0.5, 0.6) is 5.75 Å². The maximum atomic E-state index is 14.4. The van der Waals surface area contributed by atoms with E-state index in [-0.39, 0.29) is 18.7 Å². The quantitative estimate of drug-likeness (QED) is 0.819. The number of carboxylic acids is 1. The molecule has 3 rings (SSSR count). The van der Waals surface area contributed by atoms with Gasteiger partial charge in [0.1, 0.15) is 30.7 Å². The number of hydrogen-bond donors (Lipinski definition) is 1. The zero-order valence-corrected chi connectivity index (χ0v) is 15.2. The minimum Gasteiger partial charge on any atom is -0.497 e. The highest BCUT2D eigenvalue weighted by molar-refractivity contribution is 5.97. The topological polar surface area (TPSA) is 87.2 Å². The highest BCUT2D eigenvalue weighted by Gasteiger charge is 2.42. The van der Waals surface area contributed by atoms with Gasteiger partial charge in [-0.05, 0) is 23.8 Å². The van der Waals surface area contributed by atoms with Gasteiger partial charge in [0.05, 0.1) is 7.11 Å². The Labute approximate surface area is 160 Å². The molecule has 2 aromatic carbocycles. The van der Waals surface area contributed by atoms with E-state index >= 15 is 0 Å². The molecular formula is C20H19FN2O5. The molecule has 7 nitrogen and oxygen atoms in total. The third-order valence-corrected chi connectivity index (χ3v) is 4.52. The Hall–Kier alpha value is -3.42. The lowest BCUT2D eigenvalue weighted by atomic mass is 9.99. The zero-order valence-electron chi connectivity index (χ0n) is 15.2. The number of halogens is 1. The normalized spacial score (nSPS) is 17.0. The Balaban J connectivity index is 2.00. The van der Waals surface area contributed by atoms with E-state index < -0.39 is 36.2 Å². The number of rotatable bonds is 6. The number of piperazine rings is 1. The number of carboxylic acid groups (broad SMARTS) is 1. The number of carbonyl (C=O) groups excluding carboxylic acids is 2. The average Bonchev–Trinajstić information content (AvgIpc) is 2.67. The fourth-order valence-corrected chi connectivity index (χ4v) is 3.22. The van der Waals surface area contributed by atoms with E-state index in [1.165, 1.54) is 30.2 Å². The standard InChI is InChI=1S/C20H19FN2O5/c1-28-14-6-4-5-13(9-14)10-23-17(24)11-22(12-18(25)26)20(27)19(23)15-7-2-3-8-16(15)21/h2-9,19H,10-12H2,1H3,(H,25,26). The van der Waals surface area contributed by atoms with Crippen molar-refractivity contribution in [1.29, 1.82) is 0 Å². The van der Waals surface area contributed by atoms with Crippen molar-refractivity contribution in [2.24, 2.45) is 0 Å². The molecule has 1 unspecified atom stereocenters. The molecule has 0 radical (unpaired) electrons. The van der Waals surface area contributed by atoms with Crippen LogP contribution in [0.3, 0.4) is 0 Å². The molecule has 2 aromatic rings. The van der Waals surface area contributed by atoms with Gasteiger partial charge in [-0.3, -0.25) is 14.4 Å². The van der Waals surface area contributed by atoms with E-state index in [0.717, 1.165) is 4.90 Å². The molecule has 1 aliphatic rings. The van der Waals surface area contributed by atoms with Crippen LogP contribution in [0, 0.1) is 5.82 Å². The van der Waals surface area contributed by atoms with Crippen LogP contribution in [0.2, 0.25) is 0 Å². The summed E-state index contributed by atoms with van der Waals surface area (Å²) in [5, 5.41) is 9.03. The third-order valence-electron chi connectivity index (χ3n) is 4.52. The molecule has 1 saturated heterocycles. The van der Waals surface area contributed by atoms with Gasteiger partial charge in [0.2, 0.25) is 5.91 Å². The third kappa shape index (κ3) is 3.95. The van der Waals surface area contributed by atoms with Crippen LogP contribution in [0.25, 0.3) is 0 Å². The zero-order chi connectivity index (χ0) is 20.3. The SMILES string of the molecule is COc1cccc(CN2C(=O)CN(CC(=O)O)C(=O)C2c2ccccc2F)c1. The van der Waals surface area contributed by atoms with E-state index in [0.29, 0.717) is 11.3 Å². The number of amides is 2. The maximum Gasteiger partial charge on any atom is 0.323 e. The summed E-state index contributed by atoms with van der Waals surface area (Å²) in [4.78, 5) is 39.0. The molecule has 146 valence electrons. The van der Waals surface area contributed by atoms with Crippen LogP contribution in [0.1, 0.15) is 17.2 Å². The minimum absolute atomic E-state index is 0.0267. The van der Waals surface area contributed by atoms with Gasteiger partial charge in [0.25, 0.3) is 5.91 Å². The smallest absolute Gasteiger partial charge is 0.323 e. The van der Waals surface area contributed by atoms with Crippen molar-refractivity contribution in [2.45, 2.75) is 12.6 Å². The van der Waals surface area contributed by atoms with E-state index in [4.69, 9.17) is 9.84 Å². The predicted octanol–water partition coefficient (Wildman–Crippen LogP) is 1.83. The van der Waals surface area contributed by atoms with Crippen molar-refractivity contribution in [3.63, 3.8) is 0 Å². The number of hydrogen-bond acceptors (Lipinski definition) is 4. The highest BCUT2D eigenvalue weighted by atomic mass is 19.1. The second-order valence-electron chi connectivity index (χ2n) is 6.39. The molecule has 0 aromatic heterocycles. The van der Waals surface area contributed by atoms with E-state index in [2.05, 4.69) is 0 Å². The van der Waals surface area contributed by atoms with Gasteiger partial charge in [0, 0.05) is 12.1 Å². The average molecular weight is 386 g/mol. The summed E-state index contributed by atoms with van der Waals surface area (Å²) in [5.74, 6) is -2.38. The van der Waals surface area contributed by atoms with Crippen LogP contribution < -0.4 is 4.74 Å². The first-order valence-electron chi connectivity index (χ1n) is 8.58. The summed E-state index contributed by atoms with van der Waals surface area (Å²) in [5.41, 5.74) is 0.729. The highest BCUT2D eigenvalue weighted by Crippen LogP contribution is 2.31. The molecule has 28 heavy (non-hydrogen) atoms. The molecule has 0 bridgehead atoms. The number of methoxy groups -OCH3 is 1. The Kier molecular flexibility index (Phi) is 5.58. The first-order chi connectivity index (χ1) is 13.4. The molecule has 2 amide bonds. The fraction of sp³-hybridized carbons (Fsp3) is 0.250. The summed E-state index contributed by atoms with van der Waals surface area (Å²) >= 11 is 0. The Bertz CT molecular complexity index is 917. The largest absolute Gasteiger partial charge is 0.497 e. The van der Waals surface area contributed by atoms with Crippen molar-refractivity contribution in [3.05, 3.63) is 65.5 Å². The molecule has 1 heterocycles. The van der Waals surface area contributed by atoms with Crippen molar-refractivity contribution < 1.29 is 28.6 Å². The van der Waals surface area contributed by atoms with Crippen LogP contribution in [0.15, 0.2) is 48.5 Å². The van der Waals surface area contributed by atoms with Gasteiger partial charge in [-0.25, -0.2) is 4.39 Å². The van der Waals surface area contributed by atoms with Gasteiger partial charge < -0.3 is 19.6 Å². The summed E-state index contributed by atoms with van der Waals surface area (Å²) in [6.07, 6.45) is 0. The first-order valence-corrected chi connectivity index (χ1v) is 8.58. The Morgan fingerprint density at radius 3 is 2.64 bits per heavy atom. The number of ether oxygens (including phenoxy) is 1. The molecule has 1 fully saturated rings.